The molecule has 0 radical (unpaired) electrons. The van der Waals surface area contributed by atoms with Crippen molar-refractivity contribution in [2.75, 3.05) is 20.1 Å². The summed E-state index contributed by atoms with van der Waals surface area (Å²) < 4.78 is 0. The summed E-state index contributed by atoms with van der Waals surface area (Å²) in [6, 6.07) is 4.14. The molecule has 0 aliphatic carbocycles. The number of carbonyl (C=O) groups excluding carboxylic acids is 1. The normalized spacial score (nSPS) is 15.9. The number of rotatable bonds is 3. The summed E-state index contributed by atoms with van der Waals surface area (Å²) in [5.41, 5.74) is 0.999. The summed E-state index contributed by atoms with van der Waals surface area (Å²) in [4.78, 5) is 23.5. The van der Waals surface area contributed by atoms with Crippen molar-refractivity contribution in [2.24, 2.45) is 0 Å². The Hall–Kier alpha value is -1.79. The fourth-order valence-electron chi connectivity index (χ4n) is 2.53. The molecule has 0 unspecified atom stereocenters. The SMILES string of the molecule is CN(C(=O)c1cnc(-c2ccncc2)s1)C1CCNCC1. The van der Waals surface area contributed by atoms with Gasteiger partial charge in [-0.25, -0.2) is 4.98 Å². The van der Waals surface area contributed by atoms with Gasteiger partial charge in [-0.1, -0.05) is 0 Å². The first-order valence-corrected chi connectivity index (χ1v) is 7.91. The third-order valence-corrected chi connectivity index (χ3v) is 4.85. The zero-order valence-electron chi connectivity index (χ0n) is 12.0. The molecule has 110 valence electrons. The molecule has 1 aliphatic heterocycles. The van der Waals surface area contributed by atoms with Crippen LogP contribution in [0.25, 0.3) is 10.6 Å². The van der Waals surface area contributed by atoms with Crippen LogP contribution in [-0.4, -0.2) is 47.0 Å². The van der Waals surface area contributed by atoms with Gasteiger partial charge in [0, 0.05) is 31.0 Å². The van der Waals surface area contributed by atoms with Crippen LogP contribution < -0.4 is 5.32 Å². The number of hydrogen-bond donors (Lipinski definition) is 1. The fraction of sp³-hybridized carbons (Fsp3) is 0.400. The third-order valence-electron chi connectivity index (χ3n) is 3.82. The average molecular weight is 302 g/mol. The Labute approximate surface area is 128 Å². The second-order valence-corrected chi connectivity index (χ2v) is 6.19. The molecule has 3 rings (SSSR count). The zero-order chi connectivity index (χ0) is 14.7. The summed E-state index contributed by atoms with van der Waals surface area (Å²) in [5, 5.41) is 4.18. The number of carbonyl (C=O) groups is 1. The minimum absolute atomic E-state index is 0.0692. The van der Waals surface area contributed by atoms with Crippen molar-refractivity contribution < 1.29 is 4.79 Å². The number of thiazole rings is 1. The molecular formula is C15H18N4OS. The van der Waals surface area contributed by atoms with E-state index in [1.807, 2.05) is 24.1 Å². The Balaban J connectivity index is 1.74. The van der Waals surface area contributed by atoms with Gasteiger partial charge in [-0.05, 0) is 38.1 Å². The minimum atomic E-state index is 0.0692. The Morgan fingerprint density at radius 1 is 1.33 bits per heavy atom. The summed E-state index contributed by atoms with van der Waals surface area (Å²) in [6.45, 7) is 1.96. The first-order chi connectivity index (χ1) is 10.3. The number of nitrogens with zero attached hydrogens (tertiary/aromatic N) is 3. The maximum Gasteiger partial charge on any atom is 0.265 e. The molecule has 6 heteroatoms. The molecule has 0 aromatic carbocycles. The van der Waals surface area contributed by atoms with Gasteiger partial charge in [0.15, 0.2) is 0 Å². The molecule has 3 heterocycles. The van der Waals surface area contributed by atoms with Crippen molar-refractivity contribution in [1.29, 1.82) is 0 Å². The molecule has 5 nitrogen and oxygen atoms in total. The molecule has 1 aliphatic rings. The van der Waals surface area contributed by atoms with E-state index in [4.69, 9.17) is 0 Å². The lowest BCUT2D eigenvalue weighted by Crippen LogP contribution is -2.43. The zero-order valence-corrected chi connectivity index (χ0v) is 12.8. The first-order valence-electron chi connectivity index (χ1n) is 7.10. The van der Waals surface area contributed by atoms with Gasteiger partial charge in [0.25, 0.3) is 5.91 Å². The van der Waals surface area contributed by atoms with Gasteiger partial charge in [-0.2, -0.15) is 0 Å². The van der Waals surface area contributed by atoms with Crippen LogP contribution >= 0.6 is 11.3 Å². The van der Waals surface area contributed by atoms with Crippen LogP contribution in [0, 0.1) is 0 Å². The van der Waals surface area contributed by atoms with E-state index >= 15 is 0 Å². The van der Waals surface area contributed by atoms with E-state index in [0.717, 1.165) is 36.5 Å². The van der Waals surface area contributed by atoms with Crippen molar-refractivity contribution in [3.05, 3.63) is 35.6 Å². The highest BCUT2D eigenvalue weighted by molar-refractivity contribution is 7.16. The molecular weight excluding hydrogens is 284 g/mol. The van der Waals surface area contributed by atoms with E-state index in [1.54, 1.807) is 18.6 Å². The van der Waals surface area contributed by atoms with Gasteiger partial charge in [0.1, 0.15) is 9.88 Å². The Bertz CT molecular complexity index is 607. The summed E-state index contributed by atoms with van der Waals surface area (Å²) in [5.74, 6) is 0.0692. The Morgan fingerprint density at radius 3 is 2.76 bits per heavy atom. The molecule has 1 N–H and O–H groups in total. The largest absolute Gasteiger partial charge is 0.338 e. The van der Waals surface area contributed by atoms with Crippen LogP contribution in [0.5, 0.6) is 0 Å². The standard InChI is InChI=1S/C15H18N4OS/c1-19(12-4-8-17-9-5-12)15(20)13-10-18-14(21-13)11-2-6-16-7-3-11/h2-3,6-7,10,12,17H,4-5,8-9H2,1H3. The molecule has 1 amide bonds. The summed E-state index contributed by atoms with van der Waals surface area (Å²) in [6.07, 6.45) is 7.18. The molecule has 2 aromatic rings. The molecule has 0 spiro atoms. The molecule has 1 fully saturated rings. The number of amides is 1. The van der Waals surface area contributed by atoms with Crippen molar-refractivity contribution in [2.45, 2.75) is 18.9 Å². The van der Waals surface area contributed by atoms with Gasteiger partial charge < -0.3 is 10.2 Å². The Kier molecular flexibility index (Phi) is 4.26. The van der Waals surface area contributed by atoms with Crippen molar-refractivity contribution in [3.63, 3.8) is 0 Å². The van der Waals surface area contributed by atoms with Gasteiger partial charge in [-0.3, -0.25) is 9.78 Å². The van der Waals surface area contributed by atoms with E-state index < -0.39 is 0 Å². The predicted molar refractivity (Wildman–Crippen MR) is 83.3 cm³/mol. The van der Waals surface area contributed by atoms with Gasteiger partial charge in [-0.15, -0.1) is 11.3 Å². The highest BCUT2D eigenvalue weighted by Crippen LogP contribution is 2.26. The molecule has 21 heavy (non-hydrogen) atoms. The van der Waals surface area contributed by atoms with Gasteiger partial charge in [0.2, 0.25) is 0 Å². The van der Waals surface area contributed by atoms with Gasteiger partial charge in [0.05, 0.1) is 6.20 Å². The lowest BCUT2D eigenvalue weighted by Gasteiger charge is -2.31. The average Bonchev–Trinajstić information content (AvgIpc) is 3.05. The maximum atomic E-state index is 12.6. The van der Waals surface area contributed by atoms with Crippen LogP contribution in [0.2, 0.25) is 0 Å². The summed E-state index contributed by atoms with van der Waals surface area (Å²) in [7, 11) is 1.89. The second kappa shape index (κ2) is 6.32. The Morgan fingerprint density at radius 2 is 2.05 bits per heavy atom. The van der Waals surface area contributed by atoms with E-state index in [0.29, 0.717) is 10.9 Å². The van der Waals surface area contributed by atoms with Crippen molar-refractivity contribution in [3.8, 4) is 10.6 Å². The number of nitrogens with one attached hydrogen (secondary N) is 1. The fourth-order valence-corrected chi connectivity index (χ4v) is 3.44. The van der Waals surface area contributed by atoms with Crippen molar-refractivity contribution in [1.82, 2.24) is 20.2 Å². The monoisotopic (exact) mass is 302 g/mol. The van der Waals surface area contributed by atoms with Crippen LogP contribution in [0.1, 0.15) is 22.5 Å². The van der Waals surface area contributed by atoms with E-state index in [-0.39, 0.29) is 5.91 Å². The highest BCUT2D eigenvalue weighted by atomic mass is 32.1. The molecule has 0 atom stereocenters. The van der Waals surface area contributed by atoms with E-state index in [9.17, 15) is 4.79 Å². The topological polar surface area (TPSA) is 58.1 Å². The molecule has 0 saturated carbocycles. The van der Waals surface area contributed by atoms with Gasteiger partial charge >= 0.3 is 0 Å². The molecule has 2 aromatic heterocycles. The van der Waals surface area contributed by atoms with E-state index in [1.165, 1.54) is 11.3 Å². The quantitative estimate of drug-likeness (QED) is 0.942. The second-order valence-electron chi connectivity index (χ2n) is 5.16. The molecule has 1 saturated heterocycles. The van der Waals surface area contributed by atoms with Crippen LogP contribution in [-0.2, 0) is 0 Å². The van der Waals surface area contributed by atoms with E-state index in [2.05, 4.69) is 15.3 Å². The minimum Gasteiger partial charge on any atom is -0.338 e. The van der Waals surface area contributed by atoms with Crippen LogP contribution in [0.15, 0.2) is 30.7 Å². The lowest BCUT2D eigenvalue weighted by atomic mass is 10.1. The third kappa shape index (κ3) is 3.11. The van der Waals surface area contributed by atoms with Crippen molar-refractivity contribution >= 4 is 17.2 Å². The highest BCUT2D eigenvalue weighted by Gasteiger charge is 2.24. The maximum absolute atomic E-state index is 12.6. The number of piperidine rings is 1. The predicted octanol–water partition coefficient (Wildman–Crippen LogP) is 2.03. The van der Waals surface area contributed by atoms with Crippen LogP contribution in [0.4, 0.5) is 0 Å². The lowest BCUT2D eigenvalue weighted by molar-refractivity contribution is 0.0708. The number of hydrogen-bond acceptors (Lipinski definition) is 5. The molecule has 0 bridgehead atoms. The smallest absolute Gasteiger partial charge is 0.265 e. The number of pyridine rings is 1. The van der Waals surface area contributed by atoms with Crippen LogP contribution in [0.3, 0.4) is 0 Å². The first kappa shape index (κ1) is 14.2. The summed E-state index contributed by atoms with van der Waals surface area (Å²) >= 11 is 1.44. The number of aromatic nitrogens is 2.